The average molecular weight is 599 g/mol. The van der Waals surface area contributed by atoms with Gasteiger partial charge in [0.25, 0.3) is 0 Å². The molecule has 0 spiro atoms. The second-order valence-electron chi connectivity index (χ2n) is 12.5. The number of fused-ring (bicyclic) bond motifs is 3. The number of benzene rings is 5. The van der Waals surface area contributed by atoms with E-state index in [1.807, 2.05) is 24.3 Å². The van der Waals surface area contributed by atoms with E-state index in [4.69, 9.17) is 4.42 Å². The molecule has 0 unspecified atom stereocenters. The number of para-hydroxylation sites is 2. The lowest BCUT2D eigenvalue weighted by Crippen LogP contribution is -2.31. The van der Waals surface area contributed by atoms with E-state index in [-0.39, 0.29) is 5.63 Å². The van der Waals surface area contributed by atoms with Gasteiger partial charge in [-0.3, -0.25) is 0 Å². The number of hydrogen-bond donors (Lipinski definition) is 0. The number of rotatable bonds is 7. The topological polar surface area (TPSA) is 40.1 Å². The van der Waals surface area contributed by atoms with E-state index in [2.05, 4.69) is 145 Å². The average Bonchev–Trinajstić information content (AvgIpc) is 3.64. The molecule has 0 saturated heterocycles. The van der Waals surface area contributed by atoms with Crippen LogP contribution >= 0.6 is 0 Å². The molecule has 0 aliphatic carbocycles. The van der Waals surface area contributed by atoms with Gasteiger partial charge in [-0.2, -0.15) is 0 Å². The summed E-state index contributed by atoms with van der Waals surface area (Å²) in [6.07, 6.45) is 4.50. The largest absolute Gasteiger partial charge is 0.422 e. The third kappa shape index (κ3) is 4.65. The normalized spacial score (nSPS) is 12.0. The lowest BCUT2D eigenvalue weighted by Gasteiger charge is -2.29. The van der Waals surface area contributed by atoms with E-state index in [1.165, 1.54) is 11.1 Å². The fourth-order valence-corrected chi connectivity index (χ4v) is 7.14. The van der Waals surface area contributed by atoms with Crippen LogP contribution in [0.2, 0.25) is 0 Å². The molecule has 4 nitrogen and oxygen atoms in total. The highest BCUT2D eigenvalue weighted by Gasteiger charge is 2.39. The Morgan fingerprint density at radius 3 is 1.63 bits per heavy atom. The summed E-state index contributed by atoms with van der Waals surface area (Å²) in [5, 5.41) is 3.15. The molecule has 0 atom stereocenters. The van der Waals surface area contributed by atoms with Crippen molar-refractivity contribution < 1.29 is 4.42 Å². The molecule has 0 amide bonds. The van der Waals surface area contributed by atoms with Gasteiger partial charge in [-0.15, -0.1) is 0 Å². The Morgan fingerprint density at radius 1 is 0.587 bits per heavy atom. The minimum Gasteiger partial charge on any atom is -0.422 e. The van der Waals surface area contributed by atoms with Crippen molar-refractivity contribution in [1.29, 1.82) is 0 Å². The van der Waals surface area contributed by atoms with Crippen LogP contribution in [0.3, 0.4) is 0 Å². The maximum absolute atomic E-state index is 14.2. The highest BCUT2D eigenvalue weighted by atomic mass is 16.4. The first-order valence-electron chi connectivity index (χ1n) is 15.8. The highest BCUT2D eigenvalue weighted by Crippen LogP contribution is 2.45. The third-order valence-corrected chi connectivity index (χ3v) is 9.47. The van der Waals surface area contributed by atoms with Gasteiger partial charge in [0.05, 0.1) is 11.0 Å². The molecule has 5 aromatic carbocycles. The van der Waals surface area contributed by atoms with Crippen LogP contribution in [0.5, 0.6) is 0 Å². The SMILES string of the molecule is Cc1ccc2oc(=O)c(C(C)(c3cn(Cc4ccccc4)c4ccccc34)c3cn(Cc4ccccc4)c4ccccc34)cc2c1. The summed E-state index contributed by atoms with van der Waals surface area (Å²) in [6, 6.07) is 46.1. The lowest BCUT2D eigenvalue weighted by atomic mass is 9.71. The second kappa shape index (κ2) is 11.1. The molecule has 0 aliphatic heterocycles. The summed E-state index contributed by atoms with van der Waals surface area (Å²) >= 11 is 0. The van der Waals surface area contributed by atoms with Crippen molar-refractivity contribution in [3.05, 3.63) is 190 Å². The first-order chi connectivity index (χ1) is 22.5. The van der Waals surface area contributed by atoms with Crippen LogP contribution in [-0.2, 0) is 18.5 Å². The molecule has 0 bridgehead atoms. The van der Waals surface area contributed by atoms with Gasteiger partial charge in [0.1, 0.15) is 5.58 Å². The fourth-order valence-electron chi connectivity index (χ4n) is 7.14. The summed E-state index contributed by atoms with van der Waals surface area (Å²) in [7, 11) is 0. The first-order valence-corrected chi connectivity index (χ1v) is 15.8. The Morgan fingerprint density at radius 2 is 1.09 bits per heavy atom. The molecule has 3 aromatic heterocycles. The molecule has 224 valence electrons. The zero-order valence-corrected chi connectivity index (χ0v) is 26.0. The number of nitrogens with zero attached hydrogens (tertiary/aromatic N) is 2. The van der Waals surface area contributed by atoms with Crippen molar-refractivity contribution in [2.75, 3.05) is 0 Å². The molecular formula is C42H34N2O2. The lowest BCUT2D eigenvalue weighted by molar-refractivity contribution is 0.529. The fraction of sp³-hybridized carbons (Fsp3) is 0.119. The van der Waals surface area contributed by atoms with Crippen LogP contribution in [0, 0.1) is 6.92 Å². The predicted molar refractivity (Wildman–Crippen MR) is 188 cm³/mol. The van der Waals surface area contributed by atoms with Crippen LogP contribution in [-0.4, -0.2) is 9.13 Å². The summed E-state index contributed by atoms with van der Waals surface area (Å²) < 4.78 is 10.7. The molecule has 8 aromatic rings. The van der Waals surface area contributed by atoms with E-state index in [0.717, 1.165) is 57.0 Å². The van der Waals surface area contributed by atoms with Gasteiger partial charge in [-0.05, 0) is 66.4 Å². The van der Waals surface area contributed by atoms with Crippen molar-refractivity contribution in [3.8, 4) is 0 Å². The molecule has 0 radical (unpaired) electrons. The zero-order valence-electron chi connectivity index (χ0n) is 26.0. The van der Waals surface area contributed by atoms with Gasteiger partial charge in [0, 0.05) is 52.7 Å². The Kier molecular flexibility index (Phi) is 6.72. The van der Waals surface area contributed by atoms with Crippen LogP contribution < -0.4 is 5.63 Å². The van der Waals surface area contributed by atoms with E-state index >= 15 is 0 Å². The monoisotopic (exact) mass is 598 g/mol. The Hall–Kier alpha value is -5.61. The molecule has 0 saturated carbocycles. The standard InChI is InChI=1S/C42H34N2O2/c1-29-21-22-40-32(23-29)24-35(41(45)46-40)42(2,36-27-43(25-30-13-5-3-6-14-30)38-19-11-9-17-33(36)38)37-28-44(26-31-15-7-4-8-16-31)39-20-12-10-18-34(37)39/h3-24,27-28H,25-26H2,1-2H3. The van der Waals surface area contributed by atoms with Crippen LogP contribution in [0.1, 0.15) is 40.3 Å². The molecule has 46 heavy (non-hydrogen) atoms. The number of hydrogen-bond acceptors (Lipinski definition) is 2. The van der Waals surface area contributed by atoms with E-state index in [1.54, 1.807) is 0 Å². The molecule has 3 heterocycles. The second-order valence-corrected chi connectivity index (χ2v) is 12.5. The maximum Gasteiger partial charge on any atom is 0.340 e. The Bertz CT molecular complexity index is 2290. The number of aryl methyl sites for hydroxylation is 1. The first kappa shape index (κ1) is 27.9. The van der Waals surface area contributed by atoms with Crippen molar-refractivity contribution in [2.24, 2.45) is 0 Å². The molecule has 0 aliphatic rings. The third-order valence-electron chi connectivity index (χ3n) is 9.47. The minimum atomic E-state index is -0.846. The van der Waals surface area contributed by atoms with Crippen LogP contribution in [0.15, 0.2) is 155 Å². The van der Waals surface area contributed by atoms with Crippen LogP contribution in [0.25, 0.3) is 32.8 Å². The Labute approximate surface area is 267 Å². The van der Waals surface area contributed by atoms with E-state index in [0.29, 0.717) is 11.1 Å². The van der Waals surface area contributed by atoms with Crippen molar-refractivity contribution in [3.63, 3.8) is 0 Å². The minimum absolute atomic E-state index is 0.321. The molecule has 0 N–H and O–H groups in total. The summed E-state index contributed by atoms with van der Waals surface area (Å²) in [5.74, 6) is 0. The predicted octanol–water partition coefficient (Wildman–Crippen LogP) is 9.46. The quantitative estimate of drug-likeness (QED) is 0.172. The van der Waals surface area contributed by atoms with Crippen LogP contribution in [0.4, 0.5) is 0 Å². The van der Waals surface area contributed by atoms with E-state index < -0.39 is 5.41 Å². The van der Waals surface area contributed by atoms with Gasteiger partial charge < -0.3 is 13.6 Å². The van der Waals surface area contributed by atoms with Gasteiger partial charge in [0.2, 0.25) is 0 Å². The van der Waals surface area contributed by atoms with Crippen molar-refractivity contribution >= 4 is 32.8 Å². The van der Waals surface area contributed by atoms with Gasteiger partial charge in [-0.1, -0.05) is 109 Å². The molecular weight excluding hydrogens is 564 g/mol. The Balaban J connectivity index is 1.44. The van der Waals surface area contributed by atoms with Gasteiger partial charge in [0.15, 0.2) is 0 Å². The summed E-state index contributed by atoms with van der Waals surface area (Å²) in [4.78, 5) is 14.2. The maximum atomic E-state index is 14.2. The number of aromatic nitrogens is 2. The molecule has 8 rings (SSSR count). The van der Waals surface area contributed by atoms with Gasteiger partial charge >= 0.3 is 5.63 Å². The highest BCUT2D eigenvalue weighted by molar-refractivity contribution is 5.92. The zero-order chi connectivity index (χ0) is 31.3. The van der Waals surface area contributed by atoms with Crippen molar-refractivity contribution in [2.45, 2.75) is 32.4 Å². The van der Waals surface area contributed by atoms with Crippen molar-refractivity contribution in [1.82, 2.24) is 9.13 Å². The van der Waals surface area contributed by atoms with E-state index in [9.17, 15) is 4.79 Å². The van der Waals surface area contributed by atoms with Gasteiger partial charge in [-0.25, -0.2) is 4.79 Å². The summed E-state index contributed by atoms with van der Waals surface area (Å²) in [6.45, 7) is 5.71. The summed E-state index contributed by atoms with van der Waals surface area (Å²) in [5.41, 5.74) is 8.00. The molecule has 4 heteroatoms. The smallest absolute Gasteiger partial charge is 0.340 e. The molecule has 0 fully saturated rings.